The van der Waals surface area contributed by atoms with E-state index in [1.807, 2.05) is 24.3 Å². The number of benzene rings is 3. The van der Waals surface area contributed by atoms with E-state index >= 15 is 0 Å². The standard InChI is InChI=1S/C26H24N2O/c1-3-17-28-25(19-13-7-8-14-20(19)26(28)29)23-21-15-9-10-16-22(21)27(2)24(23)18-11-5-4-6-12-18/h4-16,25H,3,17H2,1-2H3/t25-/m0/s1. The van der Waals surface area contributed by atoms with Gasteiger partial charge in [-0.05, 0) is 29.7 Å². The molecule has 1 amide bonds. The van der Waals surface area contributed by atoms with E-state index in [1.54, 1.807) is 0 Å². The van der Waals surface area contributed by atoms with Crippen molar-refractivity contribution in [2.45, 2.75) is 19.4 Å². The first-order valence-corrected chi connectivity index (χ1v) is 10.2. The molecule has 3 aromatic carbocycles. The van der Waals surface area contributed by atoms with Gasteiger partial charge in [-0.25, -0.2) is 0 Å². The summed E-state index contributed by atoms with van der Waals surface area (Å²) in [6.07, 6.45) is 0.932. The number of para-hydroxylation sites is 1. The highest BCUT2D eigenvalue weighted by molar-refractivity contribution is 6.02. The molecule has 0 bridgehead atoms. The lowest BCUT2D eigenvalue weighted by Gasteiger charge is -2.26. The van der Waals surface area contributed by atoms with Crippen LogP contribution in [0.15, 0.2) is 78.9 Å². The fraction of sp³-hybridized carbons (Fsp3) is 0.192. The summed E-state index contributed by atoms with van der Waals surface area (Å²) < 4.78 is 2.27. The van der Waals surface area contributed by atoms with Crippen molar-refractivity contribution in [1.29, 1.82) is 0 Å². The molecule has 4 aromatic rings. The molecule has 0 unspecified atom stereocenters. The van der Waals surface area contributed by atoms with E-state index in [9.17, 15) is 4.79 Å². The van der Waals surface area contributed by atoms with Crippen LogP contribution in [-0.4, -0.2) is 21.9 Å². The van der Waals surface area contributed by atoms with Crippen LogP contribution in [-0.2, 0) is 7.05 Å². The predicted octanol–water partition coefficient (Wildman–Crippen LogP) is 5.80. The van der Waals surface area contributed by atoms with Crippen LogP contribution in [0.3, 0.4) is 0 Å². The molecule has 0 spiro atoms. The number of carbonyl (C=O) groups excluding carboxylic acids is 1. The summed E-state index contributed by atoms with van der Waals surface area (Å²) in [7, 11) is 2.13. The van der Waals surface area contributed by atoms with E-state index < -0.39 is 0 Å². The number of aromatic nitrogens is 1. The number of hydrogen-bond acceptors (Lipinski definition) is 1. The molecule has 0 N–H and O–H groups in total. The van der Waals surface area contributed by atoms with Crippen molar-refractivity contribution in [1.82, 2.24) is 9.47 Å². The SMILES string of the molecule is CCCN1C(=O)c2ccccc2[C@H]1c1c(-c2ccccc2)n(C)c2ccccc12. The Morgan fingerprint density at radius 3 is 2.34 bits per heavy atom. The second-order valence-corrected chi connectivity index (χ2v) is 7.69. The molecule has 0 fully saturated rings. The first-order chi connectivity index (χ1) is 14.2. The van der Waals surface area contributed by atoms with Crippen molar-refractivity contribution in [2.24, 2.45) is 7.05 Å². The normalized spacial score (nSPS) is 15.9. The molecule has 144 valence electrons. The maximum Gasteiger partial charge on any atom is 0.255 e. The molecule has 3 heteroatoms. The van der Waals surface area contributed by atoms with Crippen molar-refractivity contribution in [3.8, 4) is 11.3 Å². The van der Waals surface area contributed by atoms with Gasteiger partial charge in [-0.2, -0.15) is 0 Å². The van der Waals surface area contributed by atoms with Crippen LogP contribution in [0.5, 0.6) is 0 Å². The van der Waals surface area contributed by atoms with Gasteiger partial charge in [0.05, 0.1) is 11.7 Å². The molecule has 1 atom stereocenters. The Labute approximate surface area is 171 Å². The van der Waals surface area contributed by atoms with Gasteiger partial charge in [0.25, 0.3) is 5.91 Å². The summed E-state index contributed by atoms with van der Waals surface area (Å²) in [5, 5.41) is 1.21. The Morgan fingerprint density at radius 1 is 0.862 bits per heavy atom. The zero-order chi connectivity index (χ0) is 20.0. The molecule has 0 saturated heterocycles. The second kappa shape index (κ2) is 6.93. The quantitative estimate of drug-likeness (QED) is 0.439. The number of nitrogens with zero attached hydrogens (tertiary/aromatic N) is 2. The van der Waals surface area contributed by atoms with Crippen LogP contribution in [0.25, 0.3) is 22.2 Å². The van der Waals surface area contributed by atoms with Crippen LogP contribution in [0.1, 0.15) is 40.9 Å². The molecule has 2 heterocycles. The van der Waals surface area contributed by atoms with Gasteiger partial charge in [0.1, 0.15) is 0 Å². The van der Waals surface area contributed by atoms with E-state index in [4.69, 9.17) is 0 Å². The van der Waals surface area contributed by atoms with E-state index in [2.05, 4.69) is 78.0 Å². The summed E-state index contributed by atoms with van der Waals surface area (Å²) in [4.78, 5) is 15.3. The molecule has 0 saturated carbocycles. The van der Waals surface area contributed by atoms with Crippen LogP contribution >= 0.6 is 0 Å². The number of fused-ring (bicyclic) bond motifs is 2. The fourth-order valence-corrected chi connectivity index (χ4v) is 4.80. The Balaban J connectivity index is 1.86. The highest BCUT2D eigenvalue weighted by Gasteiger charge is 2.39. The third-order valence-electron chi connectivity index (χ3n) is 5.99. The Kier molecular flexibility index (Phi) is 4.24. The van der Waals surface area contributed by atoms with Gasteiger partial charge in [-0.3, -0.25) is 4.79 Å². The Hall–Kier alpha value is -3.33. The van der Waals surface area contributed by atoms with E-state index in [0.29, 0.717) is 0 Å². The lowest BCUT2D eigenvalue weighted by Crippen LogP contribution is -2.29. The molecule has 29 heavy (non-hydrogen) atoms. The Bertz CT molecular complexity index is 1210. The zero-order valence-electron chi connectivity index (χ0n) is 16.8. The van der Waals surface area contributed by atoms with Crippen molar-refractivity contribution < 1.29 is 4.79 Å². The number of carbonyl (C=O) groups is 1. The largest absolute Gasteiger partial charge is 0.343 e. The van der Waals surface area contributed by atoms with Crippen molar-refractivity contribution in [2.75, 3.05) is 6.54 Å². The summed E-state index contributed by atoms with van der Waals surface area (Å²) >= 11 is 0. The minimum atomic E-state index is -0.0695. The molecule has 0 radical (unpaired) electrons. The average molecular weight is 380 g/mol. The van der Waals surface area contributed by atoms with Crippen LogP contribution < -0.4 is 0 Å². The first kappa shape index (κ1) is 17.7. The predicted molar refractivity (Wildman–Crippen MR) is 118 cm³/mol. The molecular weight excluding hydrogens is 356 g/mol. The van der Waals surface area contributed by atoms with Gasteiger partial charge in [-0.15, -0.1) is 0 Å². The summed E-state index contributed by atoms with van der Waals surface area (Å²) in [6.45, 7) is 2.88. The number of aryl methyl sites for hydroxylation is 1. The van der Waals surface area contributed by atoms with E-state index in [-0.39, 0.29) is 11.9 Å². The van der Waals surface area contributed by atoms with Gasteiger partial charge < -0.3 is 9.47 Å². The zero-order valence-corrected chi connectivity index (χ0v) is 16.8. The third-order valence-corrected chi connectivity index (χ3v) is 5.99. The minimum Gasteiger partial charge on any atom is -0.343 e. The molecule has 5 rings (SSSR count). The first-order valence-electron chi connectivity index (χ1n) is 10.2. The van der Waals surface area contributed by atoms with Crippen molar-refractivity contribution in [3.05, 3.63) is 95.6 Å². The van der Waals surface area contributed by atoms with E-state index in [0.717, 1.165) is 24.1 Å². The third kappa shape index (κ3) is 2.61. The van der Waals surface area contributed by atoms with Gasteiger partial charge in [0.15, 0.2) is 0 Å². The molecule has 1 aromatic heterocycles. The molecular formula is C26H24N2O. The molecule has 3 nitrogen and oxygen atoms in total. The van der Waals surface area contributed by atoms with Crippen molar-refractivity contribution >= 4 is 16.8 Å². The van der Waals surface area contributed by atoms with Gasteiger partial charge >= 0.3 is 0 Å². The van der Waals surface area contributed by atoms with Crippen LogP contribution in [0.2, 0.25) is 0 Å². The highest BCUT2D eigenvalue weighted by atomic mass is 16.2. The minimum absolute atomic E-state index is 0.0695. The highest BCUT2D eigenvalue weighted by Crippen LogP contribution is 2.46. The number of hydrogen-bond donors (Lipinski definition) is 0. The maximum atomic E-state index is 13.3. The summed E-state index contributed by atoms with van der Waals surface area (Å²) in [5.74, 6) is 0.138. The average Bonchev–Trinajstić information content (AvgIpc) is 3.21. The topological polar surface area (TPSA) is 25.2 Å². The summed E-state index contributed by atoms with van der Waals surface area (Å²) in [5.41, 5.74) is 6.71. The van der Waals surface area contributed by atoms with Crippen LogP contribution in [0.4, 0.5) is 0 Å². The lowest BCUT2D eigenvalue weighted by atomic mass is 9.93. The van der Waals surface area contributed by atoms with Crippen LogP contribution in [0, 0.1) is 0 Å². The van der Waals surface area contributed by atoms with Gasteiger partial charge in [0, 0.05) is 35.6 Å². The Morgan fingerprint density at radius 2 is 1.55 bits per heavy atom. The fourth-order valence-electron chi connectivity index (χ4n) is 4.80. The van der Waals surface area contributed by atoms with Crippen molar-refractivity contribution in [3.63, 3.8) is 0 Å². The number of amides is 1. The van der Waals surface area contributed by atoms with Gasteiger partial charge in [0.2, 0.25) is 0 Å². The smallest absolute Gasteiger partial charge is 0.255 e. The maximum absolute atomic E-state index is 13.3. The molecule has 1 aliphatic heterocycles. The molecule has 0 aliphatic carbocycles. The monoisotopic (exact) mass is 380 g/mol. The molecule has 1 aliphatic rings. The van der Waals surface area contributed by atoms with Gasteiger partial charge in [-0.1, -0.05) is 73.7 Å². The lowest BCUT2D eigenvalue weighted by molar-refractivity contribution is 0.0751. The second-order valence-electron chi connectivity index (χ2n) is 7.69. The van der Waals surface area contributed by atoms with E-state index in [1.165, 1.54) is 27.7 Å². The number of rotatable bonds is 4. The summed E-state index contributed by atoms with van der Waals surface area (Å²) in [6, 6.07) is 27.1.